The van der Waals surface area contributed by atoms with E-state index in [0.717, 1.165) is 79.9 Å². The summed E-state index contributed by atoms with van der Waals surface area (Å²) in [6.45, 7) is 10.5. The van der Waals surface area contributed by atoms with Crippen LogP contribution in [0.5, 0.6) is 5.75 Å². The van der Waals surface area contributed by atoms with Crippen LogP contribution in [-0.4, -0.2) is 86.1 Å². The van der Waals surface area contributed by atoms with E-state index in [1.165, 1.54) is 0 Å². The topological polar surface area (TPSA) is 111 Å². The minimum Gasteiger partial charge on any atom is -0.485 e. The van der Waals surface area contributed by atoms with Crippen LogP contribution in [0.3, 0.4) is 0 Å². The van der Waals surface area contributed by atoms with Gasteiger partial charge < -0.3 is 19.3 Å². The molecular formula is C28H30N8O3. The number of anilines is 1. The van der Waals surface area contributed by atoms with E-state index in [1.807, 2.05) is 43.9 Å². The Labute approximate surface area is 225 Å². The Hall–Kier alpha value is -4.12. The van der Waals surface area contributed by atoms with Crippen LogP contribution in [0.25, 0.3) is 17.0 Å². The zero-order valence-electron chi connectivity index (χ0n) is 22.3. The Bertz CT molecular complexity index is 1550. The summed E-state index contributed by atoms with van der Waals surface area (Å²) in [5, 5.41) is 13.0. The first-order chi connectivity index (χ1) is 18.9. The van der Waals surface area contributed by atoms with Gasteiger partial charge in [0.05, 0.1) is 42.3 Å². The van der Waals surface area contributed by atoms with Crippen molar-refractivity contribution in [3.05, 3.63) is 59.3 Å². The Kier molecular flexibility index (Phi) is 5.51. The van der Waals surface area contributed by atoms with Crippen molar-refractivity contribution in [3.63, 3.8) is 0 Å². The minimum absolute atomic E-state index is 0.0556. The van der Waals surface area contributed by atoms with Crippen LogP contribution in [-0.2, 0) is 4.74 Å². The smallest absolute Gasteiger partial charge is 0.274 e. The third-order valence-electron chi connectivity index (χ3n) is 7.94. The number of nitrogens with zero attached hydrogens (tertiary/aromatic N) is 8. The summed E-state index contributed by atoms with van der Waals surface area (Å²) in [7, 11) is 0. The second-order valence-corrected chi connectivity index (χ2v) is 11.0. The van der Waals surface area contributed by atoms with Crippen molar-refractivity contribution in [1.82, 2.24) is 34.7 Å². The molecule has 3 fully saturated rings. The molecule has 39 heavy (non-hydrogen) atoms. The second kappa shape index (κ2) is 8.98. The van der Waals surface area contributed by atoms with Gasteiger partial charge in [0.1, 0.15) is 11.9 Å². The molecule has 3 aliphatic heterocycles. The van der Waals surface area contributed by atoms with Gasteiger partial charge in [0, 0.05) is 37.3 Å². The Morgan fingerprint density at radius 2 is 1.82 bits per heavy atom. The van der Waals surface area contributed by atoms with Gasteiger partial charge in [0.15, 0.2) is 11.4 Å². The summed E-state index contributed by atoms with van der Waals surface area (Å²) in [4.78, 5) is 25.8. The first kappa shape index (κ1) is 24.0. The highest BCUT2D eigenvalue weighted by Crippen LogP contribution is 2.38. The molecule has 1 spiro atoms. The lowest BCUT2D eigenvalue weighted by atomic mass is 9.78. The van der Waals surface area contributed by atoms with Crippen molar-refractivity contribution >= 4 is 17.4 Å². The average Bonchev–Trinajstić information content (AvgIpc) is 3.51. The molecule has 1 atom stereocenters. The highest BCUT2D eigenvalue weighted by atomic mass is 16.5. The molecule has 11 nitrogen and oxygen atoms in total. The summed E-state index contributed by atoms with van der Waals surface area (Å²) >= 11 is 0. The number of aryl methyl sites for hydroxylation is 3. The van der Waals surface area contributed by atoms with Crippen LogP contribution in [0.2, 0.25) is 0 Å². The maximum atomic E-state index is 12.7. The predicted molar refractivity (Wildman–Crippen MR) is 143 cm³/mol. The summed E-state index contributed by atoms with van der Waals surface area (Å²) < 4.78 is 13.5. The van der Waals surface area contributed by atoms with Gasteiger partial charge in [0.25, 0.3) is 11.7 Å². The number of ether oxygens (including phenoxy) is 2. The molecule has 0 unspecified atom stereocenters. The van der Waals surface area contributed by atoms with Gasteiger partial charge in [0.2, 0.25) is 0 Å². The van der Waals surface area contributed by atoms with Crippen molar-refractivity contribution in [2.45, 2.75) is 33.3 Å². The molecule has 0 saturated carbocycles. The molecule has 0 aliphatic carbocycles. The number of hydrogen-bond acceptors (Lipinski definition) is 9. The molecule has 3 saturated heterocycles. The number of fused-ring (bicyclic) bond motifs is 1. The average molecular weight is 527 g/mol. The van der Waals surface area contributed by atoms with E-state index in [0.29, 0.717) is 17.3 Å². The lowest BCUT2D eigenvalue weighted by Gasteiger charge is -2.54. The number of carbonyl (C=O) groups is 1. The van der Waals surface area contributed by atoms with Gasteiger partial charge in [-0.05, 0) is 45.0 Å². The van der Waals surface area contributed by atoms with Crippen LogP contribution in [0, 0.1) is 26.2 Å². The quantitative estimate of drug-likeness (QED) is 0.387. The van der Waals surface area contributed by atoms with Crippen LogP contribution < -0.4 is 9.64 Å². The number of rotatable bonds is 5. The summed E-state index contributed by atoms with van der Waals surface area (Å²) in [5.41, 5.74) is 5.14. The van der Waals surface area contributed by atoms with Crippen molar-refractivity contribution in [2.75, 3.05) is 44.3 Å². The second-order valence-electron chi connectivity index (χ2n) is 11.0. The molecule has 0 N–H and O–H groups in total. The van der Waals surface area contributed by atoms with Crippen LogP contribution >= 0.6 is 0 Å². The molecule has 0 bridgehead atoms. The van der Waals surface area contributed by atoms with Gasteiger partial charge in [-0.2, -0.15) is 9.50 Å². The normalized spacial score (nSPS) is 19.8. The Balaban J connectivity index is 0.989. The third kappa shape index (κ3) is 4.17. The zero-order valence-corrected chi connectivity index (χ0v) is 22.3. The van der Waals surface area contributed by atoms with E-state index in [9.17, 15) is 4.79 Å². The van der Waals surface area contributed by atoms with Crippen molar-refractivity contribution in [3.8, 4) is 17.0 Å². The molecule has 6 heterocycles. The highest BCUT2D eigenvalue weighted by Gasteiger charge is 2.51. The Morgan fingerprint density at radius 3 is 2.51 bits per heavy atom. The fourth-order valence-corrected chi connectivity index (χ4v) is 5.74. The van der Waals surface area contributed by atoms with Crippen LogP contribution in [0.1, 0.15) is 34.1 Å². The third-order valence-corrected chi connectivity index (χ3v) is 7.94. The molecule has 11 heteroatoms. The Morgan fingerprint density at radius 1 is 1.03 bits per heavy atom. The van der Waals surface area contributed by atoms with E-state index in [4.69, 9.17) is 9.47 Å². The van der Waals surface area contributed by atoms with Gasteiger partial charge in [-0.1, -0.05) is 12.1 Å². The lowest BCUT2D eigenvalue weighted by molar-refractivity contribution is -0.176. The van der Waals surface area contributed by atoms with Gasteiger partial charge in [-0.15, -0.1) is 15.3 Å². The van der Waals surface area contributed by atoms with Crippen LogP contribution in [0.4, 0.5) is 5.69 Å². The van der Waals surface area contributed by atoms with E-state index in [1.54, 1.807) is 10.6 Å². The number of benzene rings is 1. The molecule has 3 aromatic heterocycles. The van der Waals surface area contributed by atoms with E-state index in [-0.39, 0.29) is 17.4 Å². The molecule has 1 aromatic carbocycles. The standard InChI is InChI=1S/C28H30N8O3/c1-17-25(18(2)36-27(29-17)30-19(3)33-36)39-22-10-11-34(12-22)21-6-4-20(5-7-21)23-8-9-24(32-31-23)26(37)35-13-28(14-35)15-38-16-28/h4-9,22H,10-16H2,1-3H3/t22-/m1/s1. The molecular weight excluding hydrogens is 496 g/mol. The first-order valence-electron chi connectivity index (χ1n) is 13.3. The maximum absolute atomic E-state index is 12.7. The molecule has 0 radical (unpaired) electrons. The summed E-state index contributed by atoms with van der Waals surface area (Å²) in [6, 6.07) is 11.9. The fraction of sp³-hybridized carbons (Fsp3) is 0.429. The SMILES string of the molecule is Cc1nc2nc(C)c(O[C@@H]3CCN(c4ccc(-c5ccc(C(=O)N6CC7(COC7)C6)nn5)cc4)C3)c(C)n2n1. The molecule has 1 amide bonds. The monoisotopic (exact) mass is 526 g/mol. The number of aromatic nitrogens is 6. The minimum atomic E-state index is -0.0646. The van der Waals surface area contributed by atoms with Crippen LogP contribution in [0.15, 0.2) is 36.4 Å². The molecule has 200 valence electrons. The van der Waals surface area contributed by atoms with E-state index >= 15 is 0 Å². The number of amides is 1. The molecule has 3 aliphatic rings. The number of carbonyl (C=O) groups excluding carboxylic acids is 1. The molecule has 7 rings (SSSR count). The largest absolute Gasteiger partial charge is 0.485 e. The van der Waals surface area contributed by atoms with Gasteiger partial charge >= 0.3 is 0 Å². The summed E-state index contributed by atoms with van der Waals surface area (Å²) in [5.74, 6) is 2.01. The fourth-order valence-electron chi connectivity index (χ4n) is 5.74. The number of hydrogen-bond donors (Lipinski definition) is 0. The van der Waals surface area contributed by atoms with Gasteiger partial charge in [-0.25, -0.2) is 4.98 Å². The molecule has 4 aromatic rings. The van der Waals surface area contributed by atoms with E-state index < -0.39 is 0 Å². The zero-order chi connectivity index (χ0) is 26.7. The lowest BCUT2D eigenvalue weighted by Crippen LogP contribution is -2.67. The number of likely N-dealkylation sites (tertiary alicyclic amines) is 1. The van der Waals surface area contributed by atoms with Crippen molar-refractivity contribution < 1.29 is 14.3 Å². The van der Waals surface area contributed by atoms with Crippen molar-refractivity contribution in [1.29, 1.82) is 0 Å². The predicted octanol–water partition coefficient (Wildman–Crippen LogP) is 2.64. The highest BCUT2D eigenvalue weighted by molar-refractivity contribution is 5.93. The van der Waals surface area contributed by atoms with E-state index in [2.05, 4.69) is 42.3 Å². The first-order valence-corrected chi connectivity index (χ1v) is 13.3. The van der Waals surface area contributed by atoms with Crippen molar-refractivity contribution in [2.24, 2.45) is 5.41 Å². The van der Waals surface area contributed by atoms with Gasteiger partial charge in [-0.3, -0.25) is 4.79 Å². The summed E-state index contributed by atoms with van der Waals surface area (Å²) in [6.07, 6.45) is 0.973. The maximum Gasteiger partial charge on any atom is 0.274 e.